The first kappa shape index (κ1) is 35.5. The Hall–Kier alpha value is -3.83. The van der Waals surface area contributed by atoms with Crippen LogP contribution < -0.4 is 10.2 Å². The number of ether oxygens (including phenoxy) is 2. The molecule has 1 fully saturated rings. The van der Waals surface area contributed by atoms with Gasteiger partial charge in [0.1, 0.15) is 11.7 Å². The largest absolute Gasteiger partial charge is 0.443 e. The van der Waals surface area contributed by atoms with Crippen LogP contribution in [0.4, 0.5) is 22.2 Å². The summed E-state index contributed by atoms with van der Waals surface area (Å²) in [6, 6.07) is 9.99. The molecule has 48 heavy (non-hydrogen) atoms. The number of carbonyl (C=O) groups is 1. The van der Waals surface area contributed by atoms with Crippen molar-refractivity contribution >= 4 is 31.9 Å². The van der Waals surface area contributed by atoms with E-state index >= 15 is 0 Å². The molecule has 0 radical (unpaired) electrons. The van der Waals surface area contributed by atoms with Gasteiger partial charge in [0.15, 0.2) is 14.1 Å². The van der Waals surface area contributed by atoms with Crippen molar-refractivity contribution < 1.29 is 18.7 Å². The molecule has 1 aromatic carbocycles. The van der Waals surface area contributed by atoms with Gasteiger partial charge in [-0.05, 0) is 62.7 Å². The Bertz CT molecular complexity index is 1700. The molecule has 1 amide bonds. The second-order valence-electron chi connectivity index (χ2n) is 15.6. The third kappa shape index (κ3) is 7.73. The van der Waals surface area contributed by atoms with Crippen molar-refractivity contribution in [1.82, 2.24) is 24.6 Å². The molecule has 2 aliphatic heterocycles. The van der Waals surface area contributed by atoms with Gasteiger partial charge in [0, 0.05) is 63.1 Å². The molecule has 0 spiro atoms. The van der Waals surface area contributed by atoms with E-state index in [9.17, 15) is 10.1 Å². The van der Waals surface area contributed by atoms with Gasteiger partial charge in [0.2, 0.25) is 5.95 Å². The minimum absolute atomic E-state index is 0.0105. The van der Waals surface area contributed by atoms with Crippen molar-refractivity contribution in [2.45, 2.75) is 84.2 Å². The number of fused-ring (bicyclic) bond motifs is 1. The molecule has 1 N–H and O–H groups in total. The standard InChI is InChI=1S/C35H50N8O4Si/c1-33(2,3)47-32(44)43-22-35(7,23-46-48(9,10)34(4,5)6)27-18-24(17-25(20-36)30(27)43)28-11-12-37-31(38-28)39-29-19-26(41(8)40-29)21-42-13-15-45-16-14-42/h11-12,17-19H,13-16,21-23H2,1-10H3,(H,37,38,39,40)/t35-/m1/s1. The molecule has 13 heteroatoms. The monoisotopic (exact) mass is 674 g/mol. The van der Waals surface area contributed by atoms with Gasteiger partial charge in [0.25, 0.3) is 0 Å². The van der Waals surface area contributed by atoms with Crippen LogP contribution in [0.25, 0.3) is 11.3 Å². The van der Waals surface area contributed by atoms with Crippen LogP contribution in [0, 0.1) is 11.3 Å². The average Bonchev–Trinajstić information content (AvgIpc) is 3.50. The number of rotatable bonds is 8. The molecule has 258 valence electrons. The lowest BCUT2D eigenvalue weighted by Crippen LogP contribution is -2.46. The third-order valence-electron chi connectivity index (χ3n) is 9.49. The lowest BCUT2D eigenvalue weighted by atomic mass is 9.83. The van der Waals surface area contributed by atoms with Crippen LogP contribution in [0.2, 0.25) is 18.1 Å². The van der Waals surface area contributed by atoms with Gasteiger partial charge in [-0.15, -0.1) is 0 Å². The first-order valence-electron chi connectivity index (χ1n) is 16.6. The first-order chi connectivity index (χ1) is 22.4. The zero-order valence-corrected chi connectivity index (χ0v) is 31.1. The van der Waals surface area contributed by atoms with E-state index in [4.69, 9.17) is 18.9 Å². The van der Waals surface area contributed by atoms with E-state index in [0.717, 1.165) is 49.7 Å². The first-order valence-corrected chi connectivity index (χ1v) is 19.5. The summed E-state index contributed by atoms with van der Waals surface area (Å²) in [6.07, 6.45) is 1.20. The lowest BCUT2D eigenvalue weighted by Gasteiger charge is -2.39. The van der Waals surface area contributed by atoms with Gasteiger partial charge in [-0.2, -0.15) is 10.4 Å². The highest BCUT2D eigenvalue weighted by molar-refractivity contribution is 6.74. The average molecular weight is 675 g/mol. The van der Waals surface area contributed by atoms with Crippen molar-refractivity contribution in [2.24, 2.45) is 7.05 Å². The van der Waals surface area contributed by atoms with E-state index in [-0.39, 0.29) is 5.04 Å². The number of nitrogens with one attached hydrogen (secondary N) is 1. The number of aryl methyl sites for hydroxylation is 1. The molecule has 1 saturated heterocycles. The van der Waals surface area contributed by atoms with Gasteiger partial charge >= 0.3 is 6.09 Å². The Kier molecular flexibility index (Phi) is 9.78. The molecule has 0 unspecified atom stereocenters. The number of benzene rings is 1. The quantitative estimate of drug-likeness (QED) is 0.270. The van der Waals surface area contributed by atoms with E-state index in [1.54, 1.807) is 17.2 Å². The van der Waals surface area contributed by atoms with E-state index in [1.165, 1.54) is 0 Å². The van der Waals surface area contributed by atoms with Crippen LogP contribution in [0.3, 0.4) is 0 Å². The number of carbonyl (C=O) groups excluding carboxylic acids is 1. The molecule has 12 nitrogen and oxygen atoms in total. The zero-order valence-electron chi connectivity index (χ0n) is 30.1. The van der Waals surface area contributed by atoms with Crippen LogP contribution in [-0.4, -0.2) is 84.1 Å². The Morgan fingerprint density at radius 2 is 1.85 bits per heavy atom. The maximum absolute atomic E-state index is 13.6. The van der Waals surface area contributed by atoms with Crippen molar-refractivity contribution in [3.8, 4) is 17.3 Å². The second-order valence-corrected chi connectivity index (χ2v) is 20.4. The topological polar surface area (TPSA) is 131 Å². The van der Waals surface area contributed by atoms with Gasteiger partial charge in [0.05, 0.1) is 35.9 Å². The second kappa shape index (κ2) is 13.2. The van der Waals surface area contributed by atoms with E-state index in [2.05, 4.69) is 67.2 Å². The summed E-state index contributed by atoms with van der Waals surface area (Å²) in [4.78, 5) is 26.8. The minimum atomic E-state index is -2.13. The summed E-state index contributed by atoms with van der Waals surface area (Å²) in [5.41, 5.74) is 2.95. The summed E-state index contributed by atoms with van der Waals surface area (Å²) in [6.45, 7) is 23.4. The highest BCUT2D eigenvalue weighted by Crippen LogP contribution is 2.47. The number of hydrogen-bond acceptors (Lipinski definition) is 10. The molecular weight excluding hydrogens is 625 g/mol. The van der Waals surface area contributed by atoms with Crippen molar-refractivity contribution in [2.75, 3.05) is 49.7 Å². The predicted molar refractivity (Wildman–Crippen MR) is 189 cm³/mol. The Labute approximate surface area is 285 Å². The molecule has 0 saturated carbocycles. The normalized spacial score (nSPS) is 18.8. The molecular formula is C35H50N8O4Si. The number of aromatic nitrogens is 4. The summed E-state index contributed by atoms with van der Waals surface area (Å²) >= 11 is 0. The number of amides is 1. The maximum atomic E-state index is 13.6. The van der Waals surface area contributed by atoms with Crippen LogP contribution in [0.5, 0.6) is 0 Å². The van der Waals surface area contributed by atoms with Crippen LogP contribution in [-0.2, 0) is 32.9 Å². The number of morpholine rings is 1. The fourth-order valence-corrected chi connectivity index (χ4v) is 6.79. The number of nitrogens with zero attached hydrogens (tertiary/aromatic N) is 7. The van der Waals surface area contributed by atoms with Gasteiger partial charge in [-0.1, -0.05) is 27.7 Å². The summed E-state index contributed by atoms with van der Waals surface area (Å²) in [5.74, 6) is 1.04. The maximum Gasteiger partial charge on any atom is 0.414 e. The zero-order chi connectivity index (χ0) is 35.1. The lowest BCUT2D eigenvalue weighted by molar-refractivity contribution is 0.0331. The van der Waals surface area contributed by atoms with Crippen LogP contribution in [0.1, 0.15) is 65.3 Å². The highest BCUT2D eigenvalue weighted by Gasteiger charge is 2.47. The number of anilines is 3. The SMILES string of the molecule is Cn1nc(Nc2nccc(-c3cc(C#N)c4c(c3)[C@@](C)(CO[Si](C)(C)C(C)(C)C)CN4C(=O)OC(C)(C)C)n2)cc1CN1CCOCC1. The van der Waals surface area contributed by atoms with E-state index < -0.39 is 25.4 Å². The smallest absolute Gasteiger partial charge is 0.414 e. The summed E-state index contributed by atoms with van der Waals surface area (Å²) in [5, 5.41) is 18.3. The van der Waals surface area contributed by atoms with Crippen molar-refractivity contribution in [3.63, 3.8) is 0 Å². The number of hydrogen-bond donors (Lipinski definition) is 1. The Balaban J connectivity index is 1.48. The third-order valence-corrected chi connectivity index (χ3v) is 14.0. The molecule has 1 atom stereocenters. The summed E-state index contributed by atoms with van der Waals surface area (Å²) < 4.78 is 19.9. The minimum Gasteiger partial charge on any atom is -0.443 e. The molecule has 3 aromatic rings. The van der Waals surface area contributed by atoms with Crippen LogP contribution >= 0.6 is 0 Å². The number of nitriles is 1. The van der Waals surface area contributed by atoms with Crippen LogP contribution in [0.15, 0.2) is 30.5 Å². The molecule has 0 aliphatic carbocycles. The Morgan fingerprint density at radius 1 is 1.15 bits per heavy atom. The highest BCUT2D eigenvalue weighted by atomic mass is 28.4. The van der Waals surface area contributed by atoms with Crippen molar-refractivity contribution in [3.05, 3.63) is 47.3 Å². The molecule has 2 aromatic heterocycles. The molecule has 0 bridgehead atoms. The van der Waals surface area contributed by atoms with Gasteiger partial charge in [-0.3, -0.25) is 14.5 Å². The molecule has 4 heterocycles. The van der Waals surface area contributed by atoms with Crippen molar-refractivity contribution in [1.29, 1.82) is 5.26 Å². The molecule has 2 aliphatic rings. The predicted octanol–water partition coefficient (Wildman–Crippen LogP) is 6.36. The fourth-order valence-electron chi connectivity index (χ4n) is 5.68. The van der Waals surface area contributed by atoms with Gasteiger partial charge in [-0.25, -0.2) is 14.8 Å². The van der Waals surface area contributed by atoms with E-state index in [1.807, 2.05) is 50.7 Å². The fraction of sp³-hybridized carbons (Fsp3) is 0.571. The van der Waals surface area contributed by atoms with Gasteiger partial charge < -0.3 is 19.2 Å². The molecule has 5 rings (SSSR count). The Morgan fingerprint density at radius 3 is 2.50 bits per heavy atom. The van der Waals surface area contributed by atoms with E-state index in [0.29, 0.717) is 41.9 Å². The summed E-state index contributed by atoms with van der Waals surface area (Å²) in [7, 11) is -0.203.